The predicted molar refractivity (Wildman–Crippen MR) is 212 cm³/mol. The van der Waals surface area contributed by atoms with Crippen molar-refractivity contribution in [3.05, 3.63) is 140 Å². The Morgan fingerprint density at radius 2 is 0.725 bits per heavy atom. The van der Waals surface area contributed by atoms with Gasteiger partial charge in [-0.05, 0) is 127 Å². The topological polar surface area (TPSA) is 81.9 Å². The Labute approximate surface area is 302 Å². The lowest BCUT2D eigenvalue weighted by atomic mass is 9.83. The predicted octanol–water partition coefficient (Wildman–Crippen LogP) is 8.25. The number of hydrogen-bond acceptors (Lipinski definition) is 9. The third-order valence-corrected chi connectivity index (χ3v) is 10.1. The van der Waals surface area contributed by atoms with Crippen molar-refractivity contribution < 1.29 is 0 Å². The molecule has 0 saturated heterocycles. The molecule has 0 aliphatic carbocycles. The van der Waals surface area contributed by atoms with Gasteiger partial charge in [-0.1, -0.05) is 57.2 Å². The molecule has 0 atom stereocenters. The zero-order valence-electron chi connectivity index (χ0n) is 30.7. The van der Waals surface area contributed by atoms with E-state index in [2.05, 4.69) is 166 Å². The summed E-state index contributed by atoms with van der Waals surface area (Å²) in [5.41, 5.74) is 40.7. The lowest BCUT2D eigenvalue weighted by Gasteiger charge is -2.33. The van der Waals surface area contributed by atoms with E-state index in [9.17, 15) is 0 Å². The molecule has 51 heavy (non-hydrogen) atoms. The highest BCUT2D eigenvalue weighted by molar-refractivity contribution is 5.71. The van der Waals surface area contributed by atoms with Crippen LogP contribution in [0.3, 0.4) is 0 Å². The van der Waals surface area contributed by atoms with Gasteiger partial charge in [-0.3, -0.25) is 16.3 Å². The van der Waals surface area contributed by atoms with Gasteiger partial charge < -0.3 is 0 Å². The van der Waals surface area contributed by atoms with Gasteiger partial charge in [0.15, 0.2) is 0 Å². The van der Waals surface area contributed by atoms with Gasteiger partial charge in [0.1, 0.15) is 0 Å². The SMILES string of the molecule is CCc1c(CNN2C=Cc3ccc(C)cc3N2)c(CC)c(CNN2C=Cc3ccc(C)cc3N2)c(CC)c1CNN1C=Cc2ccc(C)cc2N1. The Morgan fingerprint density at radius 1 is 0.431 bits per heavy atom. The number of hydrazine groups is 6. The fourth-order valence-corrected chi connectivity index (χ4v) is 7.49. The normalized spacial score (nSPS) is 14.1. The highest BCUT2D eigenvalue weighted by Crippen LogP contribution is 2.32. The molecule has 3 aliphatic rings. The largest absolute Gasteiger partial charge is 0.284 e. The van der Waals surface area contributed by atoms with Crippen molar-refractivity contribution in [2.45, 2.75) is 80.4 Å². The number of aryl methyl sites for hydroxylation is 3. The quantitative estimate of drug-likeness (QED) is 0.0886. The number of benzene rings is 4. The van der Waals surface area contributed by atoms with E-state index >= 15 is 0 Å². The van der Waals surface area contributed by atoms with Crippen LogP contribution in [-0.4, -0.2) is 15.4 Å². The third kappa shape index (κ3) is 7.32. The van der Waals surface area contributed by atoms with Crippen molar-refractivity contribution in [2.75, 3.05) is 16.3 Å². The molecule has 264 valence electrons. The zero-order chi connectivity index (χ0) is 35.5. The summed E-state index contributed by atoms with van der Waals surface area (Å²) >= 11 is 0. The van der Waals surface area contributed by atoms with Gasteiger partial charge in [0.2, 0.25) is 0 Å². The first-order valence-corrected chi connectivity index (χ1v) is 18.2. The van der Waals surface area contributed by atoms with Gasteiger partial charge in [-0.2, -0.15) is 0 Å². The second-order valence-electron chi connectivity index (χ2n) is 13.6. The van der Waals surface area contributed by atoms with Crippen LogP contribution in [0.25, 0.3) is 18.2 Å². The van der Waals surface area contributed by atoms with Crippen molar-refractivity contribution in [1.82, 2.24) is 31.6 Å². The number of rotatable bonds is 12. The summed E-state index contributed by atoms with van der Waals surface area (Å²) in [5.74, 6) is 0. The van der Waals surface area contributed by atoms with Gasteiger partial charge in [-0.25, -0.2) is 31.6 Å². The van der Waals surface area contributed by atoms with Crippen LogP contribution in [0, 0.1) is 20.8 Å². The molecule has 0 amide bonds. The lowest BCUT2D eigenvalue weighted by molar-refractivity contribution is 0.310. The summed E-state index contributed by atoms with van der Waals surface area (Å²) in [7, 11) is 0. The molecule has 0 bridgehead atoms. The molecule has 0 fully saturated rings. The molecule has 9 heteroatoms. The minimum Gasteiger partial charge on any atom is -0.284 e. The molecule has 9 nitrogen and oxygen atoms in total. The van der Waals surface area contributed by atoms with E-state index in [1.165, 1.54) is 66.8 Å². The summed E-state index contributed by atoms with van der Waals surface area (Å²) in [5, 5.41) is 5.98. The first-order valence-electron chi connectivity index (χ1n) is 18.2. The van der Waals surface area contributed by atoms with E-state index < -0.39 is 0 Å². The number of nitrogens with zero attached hydrogens (tertiary/aromatic N) is 3. The van der Waals surface area contributed by atoms with Crippen molar-refractivity contribution in [3.8, 4) is 0 Å². The molecule has 0 radical (unpaired) electrons. The number of hydrogen-bond donors (Lipinski definition) is 6. The van der Waals surface area contributed by atoms with Crippen LogP contribution in [0.2, 0.25) is 0 Å². The Bertz CT molecular complexity index is 1760. The highest BCUT2D eigenvalue weighted by Gasteiger charge is 2.23. The molecule has 0 saturated carbocycles. The Balaban J connectivity index is 1.19. The maximum absolute atomic E-state index is 3.71. The average Bonchev–Trinajstić information content (AvgIpc) is 3.14. The Hall–Kier alpha value is -5.22. The monoisotopic (exact) mass is 681 g/mol. The Morgan fingerprint density at radius 3 is 1.00 bits per heavy atom. The summed E-state index contributed by atoms with van der Waals surface area (Å²) < 4.78 is 0. The molecule has 0 spiro atoms. The van der Waals surface area contributed by atoms with E-state index in [-0.39, 0.29) is 0 Å². The van der Waals surface area contributed by atoms with Crippen LogP contribution in [-0.2, 0) is 38.9 Å². The minimum absolute atomic E-state index is 0.692. The summed E-state index contributed by atoms with van der Waals surface area (Å²) in [4.78, 5) is 0. The fourth-order valence-electron chi connectivity index (χ4n) is 7.49. The van der Waals surface area contributed by atoms with E-state index in [0.29, 0.717) is 19.6 Å². The molecule has 3 aliphatic heterocycles. The summed E-state index contributed by atoms with van der Waals surface area (Å²) in [6.45, 7) is 15.3. The van der Waals surface area contributed by atoms with Crippen molar-refractivity contribution >= 4 is 35.3 Å². The van der Waals surface area contributed by atoms with Crippen LogP contribution in [0.15, 0.2) is 73.2 Å². The zero-order valence-corrected chi connectivity index (χ0v) is 30.7. The molecular weight excluding hydrogens is 631 g/mol. The first-order chi connectivity index (χ1) is 24.8. The van der Waals surface area contributed by atoms with Gasteiger partial charge in [-0.15, -0.1) is 0 Å². The Kier molecular flexibility index (Phi) is 10.0. The van der Waals surface area contributed by atoms with Crippen LogP contribution in [0.4, 0.5) is 17.1 Å². The number of fused-ring (bicyclic) bond motifs is 3. The van der Waals surface area contributed by atoms with E-state index in [1.54, 1.807) is 0 Å². The molecule has 0 aromatic heterocycles. The van der Waals surface area contributed by atoms with Gasteiger partial charge in [0.25, 0.3) is 0 Å². The molecule has 3 heterocycles. The average molecular weight is 682 g/mol. The molecule has 6 N–H and O–H groups in total. The summed E-state index contributed by atoms with van der Waals surface area (Å²) in [6.07, 6.45) is 15.5. The molecule has 4 aromatic rings. The van der Waals surface area contributed by atoms with Crippen molar-refractivity contribution in [2.24, 2.45) is 0 Å². The lowest BCUT2D eigenvalue weighted by Crippen LogP contribution is -2.41. The first kappa shape index (κ1) is 34.2. The third-order valence-electron chi connectivity index (χ3n) is 10.1. The molecule has 7 rings (SSSR count). The highest BCUT2D eigenvalue weighted by atomic mass is 15.7. The summed E-state index contributed by atoms with van der Waals surface area (Å²) in [6, 6.07) is 19.5. The van der Waals surface area contributed by atoms with E-state index in [0.717, 1.165) is 36.3 Å². The van der Waals surface area contributed by atoms with Crippen molar-refractivity contribution in [3.63, 3.8) is 0 Å². The van der Waals surface area contributed by atoms with Crippen LogP contribution in [0.5, 0.6) is 0 Å². The maximum atomic E-state index is 3.71. The molecular formula is C42H51N9. The smallest absolute Gasteiger partial charge is 0.0632 e. The van der Waals surface area contributed by atoms with E-state index in [4.69, 9.17) is 0 Å². The minimum atomic E-state index is 0.692. The van der Waals surface area contributed by atoms with Crippen molar-refractivity contribution in [1.29, 1.82) is 0 Å². The second kappa shape index (κ2) is 14.9. The van der Waals surface area contributed by atoms with Crippen LogP contribution >= 0.6 is 0 Å². The van der Waals surface area contributed by atoms with Gasteiger partial charge in [0.05, 0.1) is 17.1 Å². The maximum Gasteiger partial charge on any atom is 0.0632 e. The molecule has 0 unspecified atom stereocenters. The number of nitrogens with one attached hydrogen (secondary N) is 6. The fraction of sp³-hybridized carbons (Fsp3) is 0.286. The van der Waals surface area contributed by atoms with Crippen LogP contribution in [0.1, 0.15) is 87.5 Å². The van der Waals surface area contributed by atoms with E-state index in [1.807, 2.05) is 15.4 Å². The molecule has 4 aromatic carbocycles. The van der Waals surface area contributed by atoms with Gasteiger partial charge in [0, 0.05) is 54.9 Å². The standard InChI is InChI=1S/C42H51N9/c1-7-34-37(25-43-49-19-16-31-13-10-28(4)22-40(31)46-49)35(8-2)39(27-45-51-21-18-33-15-12-30(6)24-42(33)48-51)36(9-3)38(34)26-44-50-20-17-32-14-11-29(5)23-41(32)47-50/h10-24,43-48H,7-9,25-27H2,1-6H3. The van der Waals surface area contributed by atoms with Gasteiger partial charge >= 0.3 is 0 Å². The number of anilines is 3. The second-order valence-corrected chi connectivity index (χ2v) is 13.6. The van der Waals surface area contributed by atoms with Crippen LogP contribution < -0.4 is 32.6 Å².